The summed E-state index contributed by atoms with van der Waals surface area (Å²) in [6, 6.07) is 20.8. The van der Waals surface area contributed by atoms with Crippen molar-refractivity contribution in [2.45, 2.75) is 6.04 Å². The van der Waals surface area contributed by atoms with Gasteiger partial charge in [0.2, 0.25) is 0 Å². The first-order chi connectivity index (χ1) is 11.3. The number of benzene rings is 2. The van der Waals surface area contributed by atoms with Crippen LogP contribution in [0.3, 0.4) is 0 Å². The number of aromatic nitrogens is 1. The Labute approximate surface area is 134 Å². The molecule has 114 valence electrons. The normalized spacial score (nSPS) is 10.5. The smallest absolute Gasteiger partial charge is 0.268 e. The van der Waals surface area contributed by atoms with Crippen molar-refractivity contribution in [1.82, 2.24) is 10.3 Å². The third kappa shape index (κ3) is 3.37. The molecule has 1 heterocycles. The average Bonchev–Trinajstić information content (AvgIpc) is 3.10. The Hall–Kier alpha value is -3.14. The van der Waals surface area contributed by atoms with Gasteiger partial charge in [0, 0.05) is 11.8 Å². The largest absolute Gasteiger partial charge is 0.357 e. The summed E-state index contributed by atoms with van der Waals surface area (Å²) in [4.78, 5) is 26.1. The summed E-state index contributed by atoms with van der Waals surface area (Å²) in [6.45, 7) is 0. The van der Waals surface area contributed by atoms with Crippen LogP contribution in [-0.2, 0) is 0 Å². The lowest BCUT2D eigenvalue weighted by atomic mass is 9.98. The second-order valence-electron chi connectivity index (χ2n) is 5.19. The van der Waals surface area contributed by atoms with Crippen molar-refractivity contribution in [3.63, 3.8) is 0 Å². The molecule has 0 aliphatic rings. The number of hydrogen-bond acceptors (Lipinski definition) is 2. The van der Waals surface area contributed by atoms with Gasteiger partial charge < -0.3 is 10.3 Å². The summed E-state index contributed by atoms with van der Waals surface area (Å²) in [5, 5.41) is 3.02. The second kappa shape index (κ2) is 6.75. The Balaban J connectivity index is 1.90. The average molecular weight is 304 g/mol. The number of carbonyl (C=O) groups is 2. The maximum Gasteiger partial charge on any atom is 0.268 e. The number of aldehydes is 1. The highest BCUT2D eigenvalue weighted by atomic mass is 16.2. The van der Waals surface area contributed by atoms with E-state index < -0.39 is 0 Å². The van der Waals surface area contributed by atoms with Crippen molar-refractivity contribution in [1.29, 1.82) is 0 Å². The Morgan fingerprint density at radius 3 is 2.00 bits per heavy atom. The molecular formula is C19H16N2O2. The highest BCUT2D eigenvalue weighted by Gasteiger charge is 2.18. The van der Waals surface area contributed by atoms with E-state index in [-0.39, 0.29) is 11.9 Å². The van der Waals surface area contributed by atoms with E-state index in [0.29, 0.717) is 17.5 Å². The molecule has 0 bridgehead atoms. The van der Waals surface area contributed by atoms with Gasteiger partial charge in [-0.3, -0.25) is 9.59 Å². The molecule has 0 radical (unpaired) electrons. The molecule has 2 aromatic carbocycles. The fraction of sp³-hybridized carbons (Fsp3) is 0.0526. The van der Waals surface area contributed by atoms with Gasteiger partial charge in [0.25, 0.3) is 5.91 Å². The number of carbonyl (C=O) groups excluding carboxylic acids is 2. The fourth-order valence-electron chi connectivity index (χ4n) is 2.47. The molecule has 0 aliphatic carbocycles. The molecular weight excluding hydrogens is 288 g/mol. The molecule has 3 rings (SSSR count). The minimum absolute atomic E-state index is 0.254. The number of rotatable bonds is 5. The standard InChI is InChI=1S/C19H16N2O2/c22-13-14-11-17(20-12-14)19(23)21-18(15-7-3-1-4-8-15)16-9-5-2-6-10-16/h1-13,18,20H,(H,21,23). The van der Waals surface area contributed by atoms with E-state index in [4.69, 9.17) is 0 Å². The monoisotopic (exact) mass is 304 g/mol. The zero-order valence-corrected chi connectivity index (χ0v) is 12.4. The first-order valence-corrected chi connectivity index (χ1v) is 7.32. The molecule has 23 heavy (non-hydrogen) atoms. The molecule has 0 unspecified atom stereocenters. The minimum Gasteiger partial charge on any atom is -0.357 e. The molecule has 3 aromatic rings. The summed E-state index contributed by atoms with van der Waals surface area (Å²) >= 11 is 0. The van der Waals surface area contributed by atoms with Crippen LogP contribution < -0.4 is 5.32 Å². The number of nitrogens with one attached hydrogen (secondary N) is 2. The van der Waals surface area contributed by atoms with E-state index in [1.54, 1.807) is 0 Å². The van der Waals surface area contributed by atoms with Crippen LogP contribution in [0.25, 0.3) is 0 Å². The van der Waals surface area contributed by atoms with Crippen molar-refractivity contribution < 1.29 is 9.59 Å². The molecule has 4 heteroatoms. The zero-order valence-electron chi connectivity index (χ0n) is 12.4. The van der Waals surface area contributed by atoms with Crippen LogP contribution in [0.5, 0.6) is 0 Å². The molecule has 2 N–H and O–H groups in total. The van der Waals surface area contributed by atoms with E-state index in [2.05, 4.69) is 10.3 Å². The van der Waals surface area contributed by atoms with Gasteiger partial charge >= 0.3 is 0 Å². The first-order valence-electron chi connectivity index (χ1n) is 7.32. The van der Waals surface area contributed by atoms with E-state index in [9.17, 15) is 9.59 Å². The first kappa shape index (κ1) is 14.8. The summed E-state index contributed by atoms with van der Waals surface area (Å²) < 4.78 is 0. The Morgan fingerprint density at radius 2 is 1.52 bits per heavy atom. The number of amides is 1. The second-order valence-corrected chi connectivity index (χ2v) is 5.19. The molecule has 0 saturated carbocycles. The van der Waals surface area contributed by atoms with E-state index in [1.165, 1.54) is 12.3 Å². The third-order valence-corrected chi connectivity index (χ3v) is 3.63. The Morgan fingerprint density at radius 1 is 0.957 bits per heavy atom. The summed E-state index contributed by atoms with van der Waals surface area (Å²) in [7, 11) is 0. The van der Waals surface area contributed by atoms with Gasteiger partial charge in [0.15, 0.2) is 6.29 Å². The van der Waals surface area contributed by atoms with E-state index in [1.807, 2.05) is 60.7 Å². The van der Waals surface area contributed by atoms with Gasteiger partial charge in [-0.1, -0.05) is 60.7 Å². The molecule has 0 spiro atoms. The molecule has 0 atom stereocenters. The van der Waals surface area contributed by atoms with Crippen molar-refractivity contribution in [3.8, 4) is 0 Å². The summed E-state index contributed by atoms with van der Waals surface area (Å²) in [5.74, 6) is -0.254. The van der Waals surface area contributed by atoms with Crippen molar-refractivity contribution in [2.75, 3.05) is 0 Å². The summed E-state index contributed by atoms with van der Waals surface area (Å²) in [6.07, 6.45) is 2.22. The van der Waals surface area contributed by atoms with Crippen LogP contribution in [0.2, 0.25) is 0 Å². The van der Waals surface area contributed by atoms with E-state index in [0.717, 1.165) is 11.1 Å². The number of aromatic amines is 1. The SMILES string of the molecule is O=Cc1c[nH]c(C(=O)NC(c2ccccc2)c2ccccc2)c1. The lowest BCUT2D eigenvalue weighted by Gasteiger charge is -2.19. The maximum atomic E-state index is 12.5. The maximum absolute atomic E-state index is 12.5. The molecule has 0 aliphatic heterocycles. The van der Waals surface area contributed by atoms with Crippen LogP contribution in [0, 0.1) is 0 Å². The van der Waals surface area contributed by atoms with Crippen molar-refractivity contribution >= 4 is 12.2 Å². The van der Waals surface area contributed by atoms with Crippen LogP contribution >= 0.6 is 0 Å². The number of hydrogen-bond donors (Lipinski definition) is 2. The molecule has 4 nitrogen and oxygen atoms in total. The number of H-pyrrole nitrogens is 1. The van der Waals surface area contributed by atoms with Crippen molar-refractivity contribution in [3.05, 3.63) is 95.3 Å². The molecule has 0 saturated heterocycles. The predicted molar refractivity (Wildman–Crippen MR) is 88.4 cm³/mol. The zero-order chi connectivity index (χ0) is 16.1. The molecule has 1 amide bonds. The van der Waals surface area contributed by atoms with Gasteiger partial charge in [0.05, 0.1) is 6.04 Å². The molecule has 1 aromatic heterocycles. The lowest BCUT2D eigenvalue weighted by Crippen LogP contribution is -2.29. The highest BCUT2D eigenvalue weighted by Crippen LogP contribution is 2.22. The van der Waals surface area contributed by atoms with E-state index >= 15 is 0 Å². The van der Waals surface area contributed by atoms with Crippen LogP contribution in [0.4, 0.5) is 0 Å². The molecule has 0 fully saturated rings. The van der Waals surface area contributed by atoms with Gasteiger partial charge in [-0.25, -0.2) is 0 Å². The third-order valence-electron chi connectivity index (χ3n) is 3.63. The highest BCUT2D eigenvalue weighted by molar-refractivity contribution is 5.94. The van der Waals surface area contributed by atoms with Gasteiger partial charge in [-0.05, 0) is 17.2 Å². The van der Waals surface area contributed by atoms with Crippen LogP contribution in [0.15, 0.2) is 72.9 Å². The summed E-state index contributed by atoms with van der Waals surface area (Å²) in [5.41, 5.74) is 2.80. The Bertz CT molecular complexity index is 755. The lowest BCUT2D eigenvalue weighted by molar-refractivity contribution is 0.0938. The topological polar surface area (TPSA) is 62.0 Å². The van der Waals surface area contributed by atoms with Gasteiger partial charge in [0.1, 0.15) is 5.69 Å². The van der Waals surface area contributed by atoms with Crippen molar-refractivity contribution in [2.24, 2.45) is 0 Å². The fourth-order valence-corrected chi connectivity index (χ4v) is 2.47. The quantitative estimate of drug-likeness (QED) is 0.710. The van der Waals surface area contributed by atoms with Gasteiger partial charge in [-0.2, -0.15) is 0 Å². The Kier molecular flexibility index (Phi) is 4.34. The van der Waals surface area contributed by atoms with Crippen LogP contribution in [0.1, 0.15) is 38.0 Å². The predicted octanol–water partition coefficient (Wildman–Crippen LogP) is 3.35. The minimum atomic E-state index is -0.257. The van der Waals surface area contributed by atoms with Gasteiger partial charge in [-0.15, -0.1) is 0 Å². The van der Waals surface area contributed by atoms with Crippen LogP contribution in [-0.4, -0.2) is 17.2 Å².